The minimum atomic E-state index is -0.0736. The molecule has 0 bridgehead atoms. The van der Waals surface area contributed by atoms with Crippen LogP contribution in [0, 0.1) is 5.92 Å². The molecule has 0 aliphatic carbocycles. The predicted molar refractivity (Wildman–Crippen MR) is 106 cm³/mol. The number of benzene rings is 2. The fourth-order valence-corrected chi connectivity index (χ4v) is 3.38. The molecule has 4 rings (SSSR count). The zero-order chi connectivity index (χ0) is 18.5. The Hall–Kier alpha value is -2.98. The highest BCUT2D eigenvalue weighted by Crippen LogP contribution is 2.27. The van der Waals surface area contributed by atoms with Crippen molar-refractivity contribution >= 4 is 11.6 Å². The SMILES string of the molecule is O=C(C1CCOC1)N(Cc1cccnc1)c1ccc(-c2ccccc2)cc1. The summed E-state index contributed by atoms with van der Waals surface area (Å²) in [6.07, 6.45) is 4.34. The minimum Gasteiger partial charge on any atom is -0.381 e. The molecule has 1 amide bonds. The van der Waals surface area contributed by atoms with Crippen molar-refractivity contribution < 1.29 is 9.53 Å². The van der Waals surface area contributed by atoms with Crippen molar-refractivity contribution in [1.82, 2.24) is 4.98 Å². The Labute approximate surface area is 159 Å². The topological polar surface area (TPSA) is 42.4 Å². The maximum Gasteiger partial charge on any atom is 0.232 e. The molecule has 0 saturated carbocycles. The second kappa shape index (κ2) is 8.14. The third-order valence-electron chi connectivity index (χ3n) is 4.89. The first-order chi connectivity index (χ1) is 13.3. The number of nitrogens with zero attached hydrogens (tertiary/aromatic N) is 2. The van der Waals surface area contributed by atoms with Crippen molar-refractivity contribution in [3.63, 3.8) is 0 Å². The highest BCUT2D eigenvalue weighted by Gasteiger charge is 2.29. The van der Waals surface area contributed by atoms with E-state index >= 15 is 0 Å². The van der Waals surface area contributed by atoms with Crippen LogP contribution in [0.2, 0.25) is 0 Å². The van der Waals surface area contributed by atoms with Crippen molar-refractivity contribution in [3.8, 4) is 11.1 Å². The molecule has 0 radical (unpaired) electrons. The van der Waals surface area contributed by atoms with Gasteiger partial charge in [-0.2, -0.15) is 0 Å². The molecule has 4 heteroatoms. The van der Waals surface area contributed by atoms with Gasteiger partial charge in [-0.1, -0.05) is 48.5 Å². The van der Waals surface area contributed by atoms with Gasteiger partial charge in [0.25, 0.3) is 0 Å². The van der Waals surface area contributed by atoms with E-state index in [4.69, 9.17) is 4.74 Å². The van der Waals surface area contributed by atoms with Crippen molar-refractivity contribution in [2.75, 3.05) is 18.1 Å². The van der Waals surface area contributed by atoms with Crippen molar-refractivity contribution in [3.05, 3.63) is 84.7 Å². The van der Waals surface area contributed by atoms with Crippen LogP contribution in [-0.2, 0) is 16.1 Å². The summed E-state index contributed by atoms with van der Waals surface area (Å²) >= 11 is 0. The van der Waals surface area contributed by atoms with E-state index in [0.717, 1.165) is 23.2 Å². The molecule has 27 heavy (non-hydrogen) atoms. The number of rotatable bonds is 5. The molecule has 0 N–H and O–H groups in total. The first kappa shape index (κ1) is 17.4. The van der Waals surface area contributed by atoms with Crippen LogP contribution in [0.4, 0.5) is 5.69 Å². The molecule has 2 heterocycles. The van der Waals surface area contributed by atoms with E-state index in [1.54, 1.807) is 6.20 Å². The number of ether oxygens (including phenoxy) is 1. The first-order valence-corrected chi connectivity index (χ1v) is 9.25. The predicted octanol–water partition coefficient (Wildman–Crippen LogP) is 4.32. The van der Waals surface area contributed by atoms with E-state index < -0.39 is 0 Å². The summed E-state index contributed by atoms with van der Waals surface area (Å²) in [5.41, 5.74) is 4.21. The smallest absolute Gasteiger partial charge is 0.232 e. The Morgan fingerprint density at radius 2 is 1.78 bits per heavy atom. The molecule has 1 aliphatic rings. The second-order valence-corrected chi connectivity index (χ2v) is 6.76. The zero-order valence-electron chi connectivity index (χ0n) is 15.1. The first-order valence-electron chi connectivity index (χ1n) is 9.25. The van der Waals surface area contributed by atoms with Gasteiger partial charge in [-0.3, -0.25) is 9.78 Å². The summed E-state index contributed by atoms with van der Waals surface area (Å²) in [7, 11) is 0. The lowest BCUT2D eigenvalue weighted by Crippen LogP contribution is -2.36. The number of hydrogen-bond donors (Lipinski definition) is 0. The summed E-state index contributed by atoms with van der Waals surface area (Å²) in [4.78, 5) is 19.2. The molecule has 3 aromatic rings. The van der Waals surface area contributed by atoms with Gasteiger partial charge in [-0.15, -0.1) is 0 Å². The molecular formula is C23H22N2O2. The van der Waals surface area contributed by atoms with Crippen molar-refractivity contribution in [1.29, 1.82) is 0 Å². The van der Waals surface area contributed by atoms with Gasteiger partial charge in [0.1, 0.15) is 0 Å². The molecular weight excluding hydrogens is 336 g/mol. The van der Waals surface area contributed by atoms with E-state index in [2.05, 4.69) is 29.2 Å². The maximum absolute atomic E-state index is 13.1. The number of anilines is 1. The van der Waals surface area contributed by atoms with Gasteiger partial charge in [0.2, 0.25) is 5.91 Å². The summed E-state index contributed by atoms with van der Waals surface area (Å²) in [5.74, 6) is 0.0410. The average Bonchev–Trinajstić information content (AvgIpc) is 3.28. The highest BCUT2D eigenvalue weighted by atomic mass is 16.5. The summed E-state index contributed by atoms with van der Waals surface area (Å²) in [6, 6.07) is 22.3. The Bertz CT molecular complexity index is 873. The minimum absolute atomic E-state index is 0.0736. The Balaban J connectivity index is 1.62. The van der Waals surface area contributed by atoms with E-state index in [9.17, 15) is 4.79 Å². The molecule has 1 aromatic heterocycles. The normalized spacial score (nSPS) is 16.2. The summed E-state index contributed by atoms with van der Waals surface area (Å²) in [6.45, 7) is 1.67. The van der Waals surface area contributed by atoms with Crippen LogP contribution in [0.3, 0.4) is 0 Å². The molecule has 1 unspecified atom stereocenters. The Kier molecular flexibility index (Phi) is 5.26. The van der Waals surface area contributed by atoms with Crippen LogP contribution in [0.15, 0.2) is 79.1 Å². The molecule has 136 valence electrons. The molecule has 2 aromatic carbocycles. The van der Waals surface area contributed by atoms with Crippen LogP contribution < -0.4 is 4.90 Å². The van der Waals surface area contributed by atoms with E-state index in [-0.39, 0.29) is 11.8 Å². The monoisotopic (exact) mass is 358 g/mol. The third kappa shape index (κ3) is 4.07. The lowest BCUT2D eigenvalue weighted by molar-refractivity contribution is -0.122. The standard InChI is InChI=1S/C23H22N2O2/c26-23(21-12-14-27-17-21)25(16-18-5-4-13-24-15-18)22-10-8-20(9-11-22)19-6-2-1-3-7-19/h1-11,13,15,21H,12,14,16-17H2. The van der Waals surface area contributed by atoms with Crippen LogP contribution in [0.5, 0.6) is 0 Å². The van der Waals surface area contributed by atoms with Gasteiger partial charge in [0, 0.05) is 24.7 Å². The number of hydrogen-bond acceptors (Lipinski definition) is 3. The molecule has 1 aliphatic heterocycles. The van der Waals surface area contributed by atoms with E-state index in [0.29, 0.717) is 19.8 Å². The third-order valence-corrected chi connectivity index (χ3v) is 4.89. The van der Waals surface area contributed by atoms with Crippen LogP contribution in [0.25, 0.3) is 11.1 Å². The van der Waals surface area contributed by atoms with E-state index in [1.165, 1.54) is 5.56 Å². The van der Waals surface area contributed by atoms with Gasteiger partial charge in [-0.25, -0.2) is 0 Å². The van der Waals surface area contributed by atoms with Crippen LogP contribution in [-0.4, -0.2) is 24.1 Å². The highest BCUT2D eigenvalue weighted by molar-refractivity contribution is 5.95. The number of aromatic nitrogens is 1. The maximum atomic E-state index is 13.1. The number of pyridine rings is 1. The average molecular weight is 358 g/mol. The fourth-order valence-electron chi connectivity index (χ4n) is 3.38. The molecule has 0 spiro atoms. The molecule has 1 fully saturated rings. The molecule has 1 atom stereocenters. The van der Waals surface area contributed by atoms with Crippen LogP contribution >= 0.6 is 0 Å². The lowest BCUT2D eigenvalue weighted by atomic mass is 10.0. The second-order valence-electron chi connectivity index (χ2n) is 6.76. The quantitative estimate of drug-likeness (QED) is 0.682. The van der Waals surface area contributed by atoms with Gasteiger partial charge >= 0.3 is 0 Å². The van der Waals surface area contributed by atoms with Gasteiger partial charge in [-0.05, 0) is 41.3 Å². The largest absolute Gasteiger partial charge is 0.381 e. The Morgan fingerprint density at radius 3 is 2.44 bits per heavy atom. The van der Waals surface area contributed by atoms with Crippen molar-refractivity contribution in [2.24, 2.45) is 5.92 Å². The molecule has 4 nitrogen and oxygen atoms in total. The van der Waals surface area contributed by atoms with Gasteiger partial charge < -0.3 is 9.64 Å². The lowest BCUT2D eigenvalue weighted by Gasteiger charge is -2.25. The number of amides is 1. The van der Waals surface area contributed by atoms with Gasteiger partial charge in [0.05, 0.1) is 19.1 Å². The fraction of sp³-hybridized carbons (Fsp3) is 0.217. The zero-order valence-corrected chi connectivity index (χ0v) is 15.1. The van der Waals surface area contributed by atoms with Gasteiger partial charge in [0.15, 0.2) is 0 Å². The summed E-state index contributed by atoms with van der Waals surface area (Å²) < 4.78 is 5.43. The number of carbonyl (C=O) groups excluding carboxylic acids is 1. The summed E-state index contributed by atoms with van der Waals surface area (Å²) in [5, 5.41) is 0. The Morgan fingerprint density at radius 1 is 1.00 bits per heavy atom. The van der Waals surface area contributed by atoms with Crippen molar-refractivity contribution in [2.45, 2.75) is 13.0 Å². The van der Waals surface area contributed by atoms with E-state index in [1.807, 2.05) is 53.6 Å². The molecule has 1 saturated heterocycles. The van der Waals surface area contributed by atoms with Crippen LogP contribution in [0.1, 0.15) is 12.0 Å². The number of carbonyl (C=O) groups is 1.